The standard InChI is InChI=1S/C20H20F2N2O2/c1-4-13(25)10-15-14-8-9-17(22)12(3)19(14)24(20(15)26)23-18-7-5-6-16(21)11(18)2/h5-9,15,23H,4,10H2,1-3H3. The largest absolute Gasteiger partial charge is 0.300 e. The van der Waals surface area contributed by atoms with Gasteiger partial charge in [0.25, 0.3) is 5.91 Å². The van der Waals surface area contributed by atoms with Gasteiger partial charge in [0.05, 0.1) is 17.3 Å². The lowest BCUT2D eigenvalue weighted by Gasteiger charge is -2.23. The lowest BCUT2D eigenvalue weighted by Crippen LogP contribution is -2.35. The lowest BCUT2D eigenvalue weighted by molar-refractivity contribution is -0.124. The molecule has 1 aliphatic rings. The van der Waals surface area contributed by atoms with Crippen LogP contribution in [0.25, 0.3) is 0 Å². The van der Waals surface area contributed by atoms with Gasteiger partial charge in [-0.2, -0.15) is 0 Å². The van der Waals surface area contributed by atoms with Gasteiger partial charge >= 0.3 is 0 Å². The first kappa shape index (κ1) is 18.0. The van der Waals surface area contributed by atoms with E-state index in [1.165, 1.54) is 23.2 Å². The van der Waals surface area contributed by atoms with Gasteiger partial charge in [0.15, 0.2) is 0 Å². The summed E-state index contributed by atoms with van der Waals surface area (Å²) in [6, 6.07) is 7.35. The lowest BCUT2D eigenvalue weighted by atomic mass is 9.93. The maximum absolute atomic E-state index is 14.1. The van der Waals surface area contributed by atoms with Crippen LogP contribution < -0.4 is 10.4 Å². The predicted octanol–water partition coefficient (Wildman–Crippen LogP) is 4.41. The van der Waals surface area contributed by atoms with Crippen molar-refractivity contribution in [3.63, 3.8) is 0 Å². The van der Waals surface area contributed by atoms with Gasteiger partial charge in [-0.1, -0.05) is 19.1 Å². The molecule has 3 rings (SSSR count). The van der Waals surface area contributed by atoms with Crippen molar-refractivity contribution in [3.8, 4) is 0 Å². The Morgan fingerprint density at radius 3 is 2.50 bits per heavy atom. The average Bonchev–Trinajstić information content (AvgIpc) is 2.88. The monoisotopic (exact) mass is 358 g/mol. The molecule has 4 nitrogen and oxygen atoms in total. The summed E-state index contributed by atoms with van der Waals surface area (Å²) in [7, 11) is 0. The van der Waals surface area contributed by atoms with Crippen LogP contribution in [0.1, 0.15) is 42.4 Å². The number of anilines is 2. The van der Waals surface area contributed by atoms with Crippen molar-refractivity contribution < 1.29 is 18.4 Å². The zero-order valence-corrected chi connectivity index (χ0v) is 14.9. The summed E-state index contributed by atoms with van der Waals surface area (Å²) < 4.78 is 28.0. The van der Waals surface area contributed by atoms with Gasteiger partial charge < -0.3 is 0 Å². The van der Waals surface area contributed by atoms with E-state index in [0.717, 1.165) is 0 Å². The summed E-state index contributed by atoms with van der Waals surface area (Å²) in [5, 5.41) is 1.24. The summed E-state index contributed by atoms with van der Waals surface area (Å²) in [6.07, 6.45) is 0.392. The number of nitrogens with one attached hydrogen (secondary N) is 1. The number of hydrogen-bond donors (Lipinski definition) is 1. The Labute approximate surface area is 150 Å². The first-order chi connectivity index (χ1) is 12.3. The number of amides is 1. The van der Waals surface area contributed by atoms with Gasteiger partial charge in [0, 0.05) is 24.0 Å². The molecule has 1 amide bonds. The normalized spacial score (nSPS) is 16.0. The molecule has 1 heterocycles. The molecule has 0 fully saturated rings. The fourth-order valence-corrected chi connectivity index (χ4v) is 3.20. The number of carbonyl (C=O) groups is 2. The third-order valence-electron chi connectivity index (χ3n) is 4.84. The second-order valence-corrected chi connectivity index (χ2v) is 6.46. The highest BCUT2D eigenvalue weighted by Gasteiger charge is 2.40. The molecule has 1 unspecified atom stereocenters. The highest BCUT2D eigenvalue weighted by atomic mass is 19.1. The number of nitrogens with zero attached hydrogens (tertiary/aromatic N) is 1. The van der Waals surface area contributed by atoms with Crippen molar-refractivity contribution in [2.45, 2.75) is 39.5 Å². The number of rotatable bonds is 5. The SMILES string of the molecule is CCC(=O)CC1C(=O)N(Nc2cccc(F)c2C)c2c1ccc(F)c2C. The van der Waals surface area contributed by atoms with Crippen LogP contribution in [0.15, 0.2) is 30.3 Å². The van der Waals surface area contributed by atoms with Gasteiger partial charge in [-0.3, -0.25) is 15.0 Å². The Balaban J connectivity index is 2.06. The van der Waals surface area contributed by atoms with Crippen LogP contribution in [0.4, 0.5) is 20.2 Å². The summed E-state index contributed by atoms with van der Waals surface area (Å²) in [4.78, 5) is 24.9. The minimum Gasteiger partial charge on any atom is -0.300 e. The summed E-state index contributed by atoms with van der Waals surface area (Å²) in [5.41, 5.74) is 4.99. The molecule has 0 saturated carbocycles. The second kappa shape index (κ2) is 6.86. The second-order valence-electron chi connectivity index (χ2n) is 6.46. The molecule has 1 atom stereocenters. The Hall–Kier alpha value is -2.76. The van der Waals surface area contributed by atoms with E-state index in [0.29, 0.717) is 34.5 Å². The molecule has 0 aromatic heterocycles. The quantitative estimate of drug-likeness (QED) is 0.861. The number of fused-ring (bicyclic) bond motifs is 1. The number of halogens is 2. The number of benzene rings is 2. The molecule has 0 aliphatic carbocycles. The van der Waals surface area contributed by atoms with Crippen LogP contribution in [0.2, 0.25) is 0 Å². The van der Waals surface area contributed by atoms with Crippen molar-refractivity contribution >= 4 is 23.1 Å². The molecular weight excluding hydrogens is 338 g/mol. The van der Waals surface area contributed by atoms with E-state index < -0.39 is 17.6 Å². The number of ketones is 1. The smallest absolute Gasteiger partial charge is 0.253 e. The minimum absolute atomic E-state index is 0.0416. The fraction of sp³-hybridized carbons (Fsp3) is 0.300. The maximum Gasteiger partial charge on any atom is 0.253 e. The summed E-state index contributed by atoms with van der Waals surface area (Å²) in [6.45, 7) is 4.92. The van der Waals surface area contributed by atoms with E-state index in [9.17, 15) is 18.4 Å². The van der Waals surface area contributed by atoms with Crippen LogP contribution in [-0.2, 0) is 9.59 Å². The zero-order chi connectivity index (χ0) is 19.0. The highest BCUT2D eigenvalue weighted by molar-refractivity contribution is 6.08. The molecule has 2 aromatic carbocycles. The molecule has 1 aliphatic heterocycles. The highest BCUT2D eigenvalue weighted by Crippen LogP contribution is 2.42. The topological polar surface area (TPSA) is 49.4 Å². The van der Waals surface area contributed by atoms with Crippen LogP contribution >= 0.6 is 0 Å². The van der Waals surface area contributed by atoms with E-state index >= 15 is 0 Å². The van der Waals surface area contributed by atoms with E-state index in [1.807, 2.05) is 0 Å². The molecule has 2 aromatic rings. The maximum atomic E-state index is 14.1. The van der Waals surface area contributed by atoms with Gasteiger partial charge in [0.2, 0.25) is 0 Å². The molecular formula is C20H20F2N2O2. The summed E-state index contributed by atoms with van der Waals surface area (Å²) in [5.74, 6) is -1.91. The van der Waals surface area contributed by atoms with E-state index in [-0.39, 0.29) is 18.1 Å². The van der Waals surface area contributed by atoms with E-state index in [2.05, 4.69) is 5.43 Å². The van der Waals surface area contributed by atoms with Crippen molar-refractivity contribution in [2.75, 3.05) is 10.4 Å². The van der Waals surface area contributed by atoms with Crippen LogP contribution in [-0.4, -0.2) is 11.7 Å². The van der Waals surface area contributed by atoms with Crippen molar-refractivity contribution in [3.05, 3.63) is 58.7 Å². The van der Waals surface area contributed by atoms with Gasteiger partial charge in [-0.25, -0.2) is 13.8 Å². The van der Waals surface area contributed by atoms with Crippen LogP contribution in [0, 0.1) is 25.5 Å². The molecule has 0 radical (unpaired) electrons. The molecule has 1 N–H and O–H groups in total. The third-order valence-corrected chi connectivity index (χ3v) is 4.84. The van der Waals surface area contributed by atoms with E-state index in [4.69, 9.17) is 0 Å². The molecule has 0 bridgehead atoms. The molecule has 6 heteroatoms. The molecule has 136 valence electrons. The molecule has 0 spiro atoms. The van der Waals surface area contributed by atoms with Gasteiger partial charge in [-0.05, 0) is 37.6 Å². The Morgan fingerprint density at radius 1 is 1.12 bits per heavy atom. The van der Waals surface area contributed by atoms with E-state index in [1.54, 1.807) is 32.9 Å². The first-order valence-electron chi connectivity index (χ1n) is 8.51. The number of hydrogen-bond acceptors (Lipinski definition) is 3. The Bertz CT molecular complexity index is 896. The van der Waals surface area contributed by atoms with Gasteiger partial charge in [-0.15, -0.1) is 0 Å². The Kier molecular flexibility index (Phi) is 4.76. The van der Waals surface area contributed by atoms with Crippen LogP contribution in [0.3, 0.4) is 0 Å². The fourth-order valence-electron chi connectivity index (χ4n) is 3.20. The predicted molar refractivity (Wildman–Crippen MR) is 96.0 cm³/mol. The number of hydrazine groups is 1. The zero-order valence-electron chi connectivity index (χ0n) is 14.9. The number of Topliss-reactive ketones (excluding diaryl/α,β-unsaturated/α-hetero) is 1. The van der Waals surface area contributed by atoms with Crippen molar-refractivity contribution in [2.24, 2.45) is 0 Å². The minimum atomic E-state index is -0.668. The third kappa shape index (κ3) is 2.96. The molecule has 0 saturated heterocycles. The number of carbonyl (C=O) groups excluding carboxylic acids is 2. The molecule has 26 heavy (non-hydrogen) atoms. The van der Waals surface area contributed by atoms with Crippen molar-refractivity contribution in [1.29, 1.82) is 0 Å². The first-order valence-corrected chi connectivity index (χ1v) is 8.51. The van der Waals surface area contributed by atoms with Gasteiger partial charge in [0.1, 0.15) is 17.4 Å². The Morgan fingerprint density at radius 2 is 1.81 bits per heavy atom. The summed E-state index contributed by atoms with van der Waals surface area (Å²) >= 11 is 0. The average molecular weight is 358 g/mol. The van der Waals surface area contributed by atoms with Crippen LogP contribution in [0.5, 0.6) is 0 Å². The van der Waals surface area contributed by atoms with Crippen molar-refractivity contribution in [1.82, 2.24) is 0 Å².